The molecule has 0 radical (unpaired) electrons. The van der Waals surface area contributed by atoms with Crippen LogP contribution in [0.2, 0.25) is 0 Å². The van der Waals surface area contributed by atoms with Crippen LogP contribution in [0.25, 0.3) is 39.1 Å². The molecule has 3 aromatic heterocycles. The number of primary amides is 1. The van der Waals surface area contributed by atoms with Crippen molar-refractivity contribution in [2.45, 2.75) is 38.6 Å². The number of ether oxygens (including phenoxy) is 1. The number of nitrogens with zero attached hydrogens (tertiary/aromatic N) is 6. The Morgan fingerprint density at radius 3 is 2.58 bits per heavy atom. The Kier molecular flexibility index (Phi) is 7.48. The molecule has 10 nitrogen and oxygen atoms in total. The number of aromatic nitrogens is 4. The molecule has 10 heteroatoms. The number of morpholine rings is 1. The molecule has 7 rings (SSSR count). The molecule has 0 aliphatic carbocycles. The first kappa shape index (κ1) is 27.5. The molecule has 5 heterocycles. The second-order valence-corrected chi connectivity index (χ2v) is 11.5. The number of urea groups is 1. The number of nitrogens with two attached hydrogens (primary N) is 1. The number of hydrogen-bond donors (Lipinski definition) is 2. The number of aryl methyl sites for hydroxylation is 1. The maximum absolute atomic E-state index is 12.3. The lowest BCUT2D eigenvalue weighted by molar-refractivity contribution is -0.0759. The van der Waals surface area contributed by atoms with Gasteiger partial charge in [0.15, 0.2) is 11.3 Å². The minimum atomic E-state index is -0.403. The number of benzene rings is 2. The Bertz CT molecular complexity index is 1740. The van der Waals surface area contributed by atoms with E-state index in [0.29, 0.717) is 13.2 Å². The zero-order chi connectivity index (χ0) is 29.3. The molecule has 0 spiro atoms. The van der Waals surface area contributed by atoms with E-state index in [1.807, 2.05) is 29.8 Å². The van der Waals surface area contributed by atoms with Gasteiger partial charge in [0.1, 0.15) is 6.23 Å². The highest BCUT2D eigenvalue weighted by molar-refractivity contribution is 5.90. The Hall–Kier alpha value is -4.38. The average molecular weight is 577 g/mol. The second kappa shape index (κ2) is 11.7. The molecule has 2 aromatic carbocycles. The summed E-state index contributed by atoms with van der Waals surface area (Å²) in [5, 5.41) is 8.90. The number of carbonyl (C=O) groups is 1. The number of rotatable bonds is 6. The number of hydrogen-bond acceptors (Lipinski definition) is 7. The average Bonchev–Trinajstić information content (AvgIpc) is 3.43. The normalized spacial score (nSPS) is 18.3. The number of likely N-dealkylation sites (tertiary alicyclic amines) is 1. The van der Waals surface area contributed by atoms with E-state index in [1.54, 1.807) is 4.90 Å². The van der Waals surface area contributed by atoms with E-state index in [2.05, 4.69) is 74.9 Å². The van der Waals surface area contributed by atoms with Crippen LogP contribution in [-0.4, -0.2) is 80.5 Å². The number of amides is 2. The molecule has 3 N–H and O–H groups in total. The molecular formula is C33H36N8O2. The van der Waals surface area contributed by atoms with E-state index < -0.39 is 6.03 Å². The Balaban J connectivity index is 1.11. The topological polar surface area (TPSA) is 114 Å². The van der Waals surface area contributed by atoms with Crippen LogP contribution in [0.3, 0.4) is 0 Å². The van der Waals surface area contributed by atoms with E-state index in [9.17, 15) is 4.79 Å². The third kappa shape index (κ3) is 5.56. The molecule has 43 heavy (non-hydrogen) atoms. The first-order valence-corrected chi connectivity index (χ1v) is 15.0. The van der Waals surface area contributed by atoms with Gasteiger partial charge < -0.3 is 15.8 Å². The minimum Gasteiger partial charge on any atom is -0.356 e. The molecule has 1 atom stereocenters. The Morgan fingerprint density at radius 2 is 1.86 bits per heavy atom. The minimum absolute atomic E-state index is 0.0941. The van der Waals surface area contributed by atoms with Gasteiger partial charge in [-0.2, -0.15) is 9.61 Å². The summed E-state index contributed by atoms with van der Waals surface area (Å²) in [6.07, 6.45) is 3.34. The number of piperidine rings is 1. The summed E-state index contributed by atoms with van der Waals surface area (Å²) in [4.78, 5) is 26.3. The van der Waals surface area contributed by atoms with Gasteiger partial charge in [0.2, 0.25) is 0 Å². The highest BCUT2D eigenvalue weighted by atomic mass is 16.5. The van der Waals surface area contributed by atoms with Crippen LogP contribution in [0.1, 0.15) is 24.1 Å². The molecule has 2 amide bonds. The van der Waals surface area contributed by atoms with Crippen molar-refractivity contribution in [3.05, 3.63) is 84.2 Å². The van der Waals surface area contributed by atoms with E-state index in [-0.39, 0.29) is 12.3 Å². The number of pyridine rings is 1. The lowest BCUT2D eigenvalue weighted by atomic mass is 9.97. The van der Waals surface area contributed by atoms with Crippen LogP contribution < -0.4 is 11.1 Å². The van der Waals surface area contributed by atoms with Crippen LogP contribution in [-0.2, 0) is 11.3 Å². The van der Waals surface area contributed by atoms with Gasteiger partial charge in [0, 0.05) is 67.5 Å². The fourth-order valence-electron chi connectivity index (χ4n) is 6.38. The van der Waals surface area contributed by atoms with Crippen LogP contribution in [0.15, 0.2) is 72.9 Å². The van der Waals surface area contributed by atoms with Crippen molar-refractivity contribution >= 4 is 22.7 Å². The molecule has 2 fully saturated rings. The molecule has 220 valence electrons. The molecule has 1 unspecified atom stereocenters. The van der Waals surface area contributed by atoms with Gasteiger partial charge in [-0.05, 0) is 37.0 Å². The second-order valence-electron chi connectivity index (χ2n) is 11.5. The van der Waals surface area contributed by atoms with Crippen molar-refractivity contribution in [2.24, 2.45) is 5.73 Å². The lowest BCUT2D eigenvalue weighted by Crippen LogP contribution is -2.58. The smallest absolute Gasteiger partial charge is 0.317 e. The highest BCUT2D eigenvalue weighted by Gasteiger charge is 2.33. The third-order valence-corrected chi connectivity index (χ3v) is 8.52. The quantitative estimate of drug-likeness (QED) is 0.311. The van der Waals surface area contributed by atoms with Crippen molar-refractivity contribution in [1.82, 2.24) is 34.7 Å². The summed E-state index contributed by atoms with van der Waals surface area (Å²) in [5.74, 6) is 0. The summed E-state index contributed by atoms with van der Waals surface area (Å²) in [6.45, 7) is 6.63. The van der Waals surface area contributed by atoms with Crippen LogP contribution in [0, 0.1) is 6.92 Å². The van der Waals surface area contributed by atoms with Gasteiger partial charge in [-0.1, -0.05) is 54.6 Å². The number of fused-ring (bicyclic) bond motifs is 3. The Morgan fingerprint density at radius 1 is 1.07 bits per heavy atom. The standard InChI is InChI=1S/C33H36N8O2/c1-22-17-29-36-19-26-18-28(24-5-3-2-4-6-24)31(37-32(26)41(29)38-22)25-9-7-23(8-10-25)21-39-14-11-27(12-15-39)40(33(34)42)30-20-35-13-16-43-30/h2-10,17-19,27,30,35H,11-16,20-21H2,1H3,(H2,34,42). The summed E-state index contributed by atoms with van der Waals surface area (Å²) >= 11 is 0. The number of nitrogens with one attached hydrogen (secondary N) is 1. The largest absolute Gasteiger partial charge is 0.356 e. The van der Waals surface area contributed by atoms with Crippen molar-refractivity contribution in [3.63, 3.8) is 0 Å². The van der Waals surface area contributed by atoms with Gasteiger partial charge >= 0.3 is 6.03 Å². The summed E-state index contributed by atoms with van der Waals surface area (Å²) < 4.78 is 7.67. The molecule has 2 aliphatic rings. The van der Waals surface area contributed by atoms with Crippen molar-refractivity contribution in [1.29, 1.82) is 0 Å². The van der Waals surface area contributed by atoms with E-state index >= 15 is 0 Å². The van der Waals surface area contributed by atoms with E-state index in [4.69, 9.17) is 15.5 Å². The maximum Gasteiger partial charge on any atom is 0.317 e. The van der Waals surface area contributed by atoms with Crippen LogP contribution in [0.4, 0.5) is 4.79 Å². The molecular weight excluding hydrogens is 540 g/mol. The monoisotopic (exact) mass is 576 g/mol. The van der Waals surface area contributed by atoms with Gasteiger partial charge in [0.05, 0.1) is 18.0 Å². The van der Waals surface area contributed by atoms with Gasteiger partial charge in [-0.15, -0.1) is 0 Å². The first-order valence-electron chi connectivity index (χ1n) is 15.0. The van der Waals surface area contributed by atoms with Crippen molar-refractivity contribution < 1.29 is 9.53 Å². The van der Waals surface area contributed by atoms with Gasteiger partial charge in [0.25, 0.3) is 0 Å². The predicted octanol–water partition coefficient (Wildman–Crippen LogP) is 4.21. The molecule has 0 bridgehead atoms. The highest BCUT2D eigenvalue weighted by Crippen LogP contribution is 2.34. The molecule has 5 aromatic rings. The van der Waals surface area contributed by atoms with Gasteiger partial charge in [-0.25, -0.2) is 14.8 Å². The molecule has 2 aliphatic heterocycles. The van der Waals surface area contributed by atoms with Crippen LogP contribution in [0.5, 0.6) is 0 Å². The SMILES string of the molecule is Cc1cc2ncc3cc(-c4ccccc4)c(-c4ccc(CN5CCC(N(C(N)=O)C6CNCCO6)CC5)cc4)nc3n2n1. The van der Waals surface area contributed by atoms with E-state index in [0.717, 1.165) is 83.8 Å². The summed E-state index contributed by atoms with van der Waals surface area (Å²) in [5.41, 5.74) is 13.6. The molecule has 2 saturated heterocycles. The van der Waals surface area contributed by atoms with Crippen LogP contribution >= 0.6 is 0 Å². The van der Waals surface area contributed by atoms with Crippen molar-refractivity contribution in [2.75, 3.05) is 32.8 Å². The Labute approximate surface area is 250 Å². The molecule has 0 saturated carbocycles. The zero-order valence-corrected chi connectivity index (χ0v) is 24.3. The fourth-order valence-corrected chi connectivity index (χ4v) is 6.38. The van der Waals surface area contributed by atoms with E-state index in [1.165, 1.54) is 5.56 Å². The zero-order valence-electron chi connectivity index (χ0n) is 24.3. The third-order valence-electron chi connectivity index (χ3n) is 8.52. The first-order chi connectivity index (χ1) is 21.0. The van der Waals surface area contributed by atoms with Gasteiger partial charge in [-0.3, -0.25) is 9.80 Å². The lowest BCUT2D eigenvalue weighted by Gasteiger charge is -2.42. The van der Waals surface area contributed by atoms with Crippen molar-refractivity contribution in [3.8, 4) is 22.4 Å². The predicted molar refractivity (Wildman–Crippen MR) is 166 cm³/mol. The summed E-state index contributed by atoms with van der Waals surface area (Å²) in [6, 6.07) is 22.9. The number of carbonyl (C=O) groups excluding carboxylic acids is 1. The summed E-state index contributed by atoms with van der Waals surface area (Å²) in [7, 11) is 0. The maximum atomic E-state index is 12.3. The fraction of sp³-hybridized carbons (Fsp3) is 0.333.